The molecule has 1 N–H and O–H groups in total. The third-order valence-corrected chi connectivity index (χ3v) is 1.50. The lowest BCUT2D eigenvalue weighted by molar-refractivity contribution is -0.136. The van der Waals surface area contributed by atoms with Crippen molar-refractivity contribution < 1.29 is 14.7 Å². The molecule has 0 fully saturated rings. The zero-order valence-corrected chi connectivity index (χ0v) is 8.65. The molecule has 0 bridgehead atoms. The molecule has 1 amide bonds. The Bertz CT molecular complexity index is 277. The highest BCUT2D eigenvalue weighted by Gasteiger charge is 2.17. The van der Waals surface area contributed by atoms with E-state index in [4.69, 9.17) is 5.11 Å². The van der Waals surface area contributed by atoms with Crippen molar-refractivity contribution in [1.29, 1.82) is 0 Å². The molecule has 0 unspecified atom stereocenters. The quantitative estimate of drug-likeness (QED) is 0.317. The largest absolute Gasteiger partial charge is 0.477 e. The summed E-state index contributed by atoms with van der Waals surface area (Å²) in [6, 6.07) is 0. The second-order valence-corrected chi connectivity index (χ2v) is 2.92. The zero-order chi connectivity index (χ0) is 11.1. The first-order valence-corrected chi connectivity index (χ1v) is 4.32. The Labute approximate surface area is 83.5 Å². The van der Waals surface area contributed by atoms with E-state index in [0.717, 1.165) is 6.42 Å². The third-order valence-electron chi connectivity index (χ3n) is 1.50. The van der Waals surface area contributed by atoms with Crippen LogP contribution in [0, 0.1) is 0 Å². The number of nitrogens with zero attached hydrogens (tertiary/aromatic N) is 1. The van der Waals surface area contributed by atoms with E-state index in [0.29, 0.717) is 0 Å². The molecule has 0 aliphatic carbocycles. The van der Waals surface area contributed by atoms with E-state index in [9.17, 15) is 9.59 Å². The van der Waals surface area contributed by atoms with Crippen molar-refractivity contribution in [2.75, 3.05) is 14.1 Å². The van der Waals surface area contributed by atoms with Crippen LogP contribution in [-0.2, 0) is 9.59 Å². The van der Waals surface area contributed by atoms with Gasteiger partial charge in [-0.05, 0) is 12.5 Å². The van der Waals surface area contributed by atoms with Gasteiger partial charge in [0.2, 0.25) is 0 Å². The minimum atomic E-state index is -1.20. The summed E-state index contributed by atoms with van der Waals surface area (Å²) in [7, 11) is 3.03. The van der Waals surface area contributed by atoms with Crippen LogP contribution in [0.25, 0.3) is 0 Å². The summed E-state index contributed by atoms with van der Waals surface area (Å²) in [6.45, 7) is 1.93. The topological polar surface area (TPSA) is 57.6 Å². The normalized spacial score (nSPS) is 11.8. The minimum absolute atomic E-state index is 0.222. The number of carboxylic acids is 1. The SMILES string of the molecule is CC/C=C/C=C(/C(=O)O)C(=O)N(C)C. The number of hydrogen-bond acceptors (Lipinski definition) is 2. The number of carbonyl (C=O) groups excluding carboxylic acids is 1. The lowest BCUT2D eigenvalue weighted by Gasteiger charge is -2.09. The minimum Gasteiger partial charge on any atom is -0.477 e. The highest BCUT2D eigenvalue weighted by Crippen LogP contribution is 2.00. The van der Waals surface area contributed by atoms with Crippen LogP contribution in [0.2, 0.25) is 0 Å². The number of allylic oxidation sites excluding steroid dienone is 3. The van der Waals surface area contributed by atoms with Crippen LogP contribution in [0.1, 0.15) is 13.3 Å². The van der Waals surface area contributed by atoms with Gasteiger partial charge in [-0.1, -0.05) is 19.1 Å². The summed E-state index contributed by atoms with van der Waals surface area (Å²) < 4.78 is 0. The van der Waals surface area contributed by atoms with Gasteiger partial charge in [0.1, 0.15) is 5.57 Å². The van der Waals surface area contributed by atoms with Crippen LogP contribution in [0.15, 0.2) is 23.8 Å². The lowest BCUT2D eigenvalue weighted by atomic mass is 10.2. The number of carbonyl (C=O) groups is 2. The summed E-state index contributed by atoms with van der Waals surface area (Å²) in [5.74, 6) is -1.71. The van der Waals surface area contributed by atoms with Crippen LogP contribution in [0.5, 0.6) is 0 Å². The fourth-order valence-corrected chi connectivity index (χ4v) is 0.775. The van der Waals surface area contributed by atoms with Crippen LogP contribution < -0.4 is 0 Å². The monoisotopic (exact) mass is 197 g/mol. The van der Waals surface area contributed by atoms with Crippen LogP contribution in [0.4, 0.5) is 0 Å². The maximum absolute atomic E-state index is 11.3. The van der Waals surface area contributed by atoms with Gasteiger partial charge >= 0.3 is 5.97 Å². The van der Waals surface area contributed by atoms with Gasteiger partial charge in [-0.15, -0.1) is 0 Å². The van der Waals surface area contributed by atoms with Gasteiger partial charge in [0.05, 0.1) is 0 Å². The lowest BCUT2D eigenvalue weighted by Crippen LogP contribution is -2.27. The number of carboxylic acid groups (broad SMARTS) is 1. The molecule has 0 aromatic carbocycles. The molecule has 4 heteroatoms. The average Bonchev–Trinajstić information content (AvgIpc) is 2.10. The molecular weight excluding hydrogens is 182 g/mol. The Kier molecular flexibility index (Phi) is 5.29. The first-order chi connectivity index (χ1) is 6.50. The molecule has 0 rings (SSSR count). The molecule has 0 atom stereocenters. The first kappa shape index (κ1) is 12.4. The Morgan fingerprint density at radius 1 is 1.36 bits per heavy atom. The second-order valence-electron chi connectivity index (χ2n) is 2.92. The molecule has 0 saturated carbocycles. The van der Waals surface area contributed by atoms with Crippen LogP contribution in [-0.4, -0.2) is 36.0 Å². The summed E-state index contributed by atoms with van der Waals surface area (Å²) in [4.78, 5) is 23.2. The summed E-state index contributed by atoms with van der Waals surface area (Å²) in [6.07, 6.45) is 5.48. The van der Waals surface area contributed by atoms with Gasteiger partial charge in [0, 0.05) is 14.1 Å². The number of hydrogen-bond donors (Lipinski definition) is 1. The number of aliphatic carboxylic acids is 1. The standard InChI is InChI=1S/C10H15NO3/c1-4-5-6-7-8(10(13)14)9(12)11(2)3/h5-7H,4H2,1-3H3,(H,13,14)/b6-5+,8-7+. The number of rotatable bonds is 4. The molecule has 0 aromatic heterocycles. The van der Waals surface area contributed by atoms with E-state index in [-0.39, 0.29) is 5.57 Å². The Morgan fingerprint density at radius 3 is 2.29 bits per heavy atom. The fraction of sp³-hybridized carbons (Fsp3) is 0.400. The van der Waals surface area contributed by atoms with Crippen molar-refractivity contribution in [2.24, 2.45) is 0 Å². The predicted octanol–water partition coefficient (Wildman–Crippen LogP) is 1.05. The molecular formula is C10H15NO3. The molecule has 0 aliphatic rings. The second kappa shape index (κ2) is 5.96. The maximum atomic E-state index is 11.3. The smallest absolute Gasteiger partial charge is 0.341 e. The third kappa shape index (κ3) is 3.89. The van der Waals surface area contributed by atoms with E-state index in [1.54, 1.807) is 12.2 Å². The number of amides is 1. The van der Waals surface area contributed by atoms with Crippen LogP contribution in [0.3, 0.4) is 0 Å². The summed E-state index contributed by atoms with van der Waals surface area (Å²) in [5.41, 5.74) is -0.222. The van der Waals surface area contributed by atoms with Gasteiger partial charge in [-0.3, -0.25) is 4.79 Å². The molecule has 78 valence electrons. The Morgan fingerprint density at radius 2 is 1.93 bits per heavy atom. The molecule has 0 heterocycles. The van der Waals surface area contributed by atoms with Crippen molar-refractivity contribution in [3.05, 3.63) is 23.8 Å². The van der Waals surface area contributed by atoms with Crippen molar-refractivity contribution in [3.8, 4) is 0 Å². The Hall–Kier alpha value is -1.58. The van der Waals surface area contributed by atoms with Crippen LogP contribution >= 0.6 is 0 Å². The fourth-order valence-electron chi connectivity index (χ4n) is 0.775. The van der Waals surface area contributed by atoms with Crippen molar-refractivity contribution in [1.82, 2.24) is 4.90 Å². The van der Waals surface area contributed by atoms with Gasteiger partial charge in [0.15, 0.2) is 0 Å². The van der Waals surface area contributed by atoms with Gasteiger partial charge < -0.3 is 10.0 Å². The van der Waals surface area contributed by atoms with E-state index in [2.05, 4.69) is 0 Å². The maximum Gasteiger partial charge on any atom is 0.341 e. The van der Waals surface area contributed by atoms with E-state index >= 15 is 0 Å². The predicted molar refractivity (Wildman–Crippen MR) is 53.8 cm³/mol. The molecule has 0 aromatic rings. The molecule has 0 spiro atoms. The summed E-state index contributed by atoms with van der Waals surface area (Å²) in [5, 5.41) is 8.74. The Balaban J connectivity index is 4.77. The molecule has 14 heavy (non-hydrogen) atoms. The van der Waals surface area contributed by atoms with E-state index < -0.39 is 11.9 Å². The van der Waals surface area contributed by atoms with Crippen molar-refractivity contribution >= 4 is 11.9 Å². The zero-order valence-electron chi connectivity index (χ0n) is 8.65. The molecule has 4 nitrogen and oxygen atoms in total. The van der Waals surface area contributed by atoms with E-state index in [1.807, 2.05) is 6.92 Å². The van der Waals surface area contributed by atoms with E-state index in [1.165, 1.54) is 25.1 Å². The van der Waals surface area contributed by atoms with Crippen molar-refractivity contribution in [2.45, 2.75) is 13.3 Å². The highest BCUT2D eigenvalue weighted by atomic mass is 16.4. The highest BCUT2D eigenvalue weighted by molar-refractivity contribution is 6.15. The number of likely N-dealkylation sites (N-methyl/N-ethyl adjacent to an activating group) is 1. The van der Waals surface area contributed by atoms with Gasteiger partial charge in [-0.2, -0.15) is 0 Å². The average molecular weight is 197 g/mol. The molecule has 0 saturated heterocycles. The first-order valence-electron chi connectivity index (χ1n) is 4.32. The molecule has 0 aliphatic heterocycles. The van der Waals surface area contributed by atoms with Crippen molar-refractivity contribution in [3.63, 3.8) is 0 Å². The van der Waals surface area contributed by atoms with Gasteiger partial charge in [-0.25, -0.2) is 4.79 Å². The molecule has 0 radical (unpaired) electrons. The van der Waals surface area contributed by atoms with Gasteiger partial charge in [0.25, 0.3) is 5.91 Å². The summed E-state index contributed by atoms with van der Waals surface area (Å²) >= 11 is 0.